The summed E-state index contributed by atoms with van der Waals surface area (Å²) in [5, 5.41) is 2.80. The second-order valence-corrected chi connectivity index (χ2v) is 6.18. The van der Waals surface area contributed by atoms with E-state index in [1.54, 1.807) is 55.7 Å². The number of amides is 3. The molecule has 7 nitrogen and oxygen atoms in total. The fourth-order valence-electron chi connectivity index (χ4n) is 3.18. The molecule has 3 amide bonds. The van der Waals surface area contributed by atoms with Gasteiger partial charge in [0.05, 0.1) is 16.8 Å². The fraction of sp³-hybridized carbons (Fsp3) is 0.158. The van der Waals surface area contributed by atoms with Crippen LogP contribution in [-0.2, 0) is 4.79 Å². The molecule has 3 aromatic rings. The van der Waals surface area contributed by atoms with Crippen LogP contribution in [0.15, 0.2) is 48.8 Å². The quantitative estimate of drug-likeness (QED) is 0.736. The van der Waals surface area contributed by atoms with Crippen LogP contribution in [0.4, 0.5) is 5.69 Å². The van der Waals surface area contributed by atoms with E-state index in [1.165, 1.54) is 0 Å². The Morgan fingerprint density at radius 2 is 1.73 bits per heavy atom. The first-order valence-electron chi connectivity index (χ1n) is 8.19. The summed E-state index contributed by atoms with van der Waals surface area (Å²) in [6.07, 6.45) is 3.48. The zero-order valence-electron chi connectivity index (χ0n) is 14.3. The van der Waals surface area contributed by atoms with Gasteiger partial charge in [-0.1, -0.05) is 12.1 Å². The lowest BCUT2D eigenvalue weighted by Gasteiger charge is -2.22. The number of carbonyl (C=O) groups excluding carboxylic acids is 3. The highest BCUT2D eigenvalue weighted by atomic mass is 16.2. The number of hydrogen-bond acceptors (Lipinski definition) is 4. The Hall–Kier alpha value is -3.48. The number of rotatable bonds is 3. The van der Waals surface area contributed by atoms with Gasteiger partial charge in [-0.05, 0) is 38.1 Å². The number of aryl methyl sites for hydroxylation is 1. The lowest BCUT2D eigenvalue weighted by atomic mass is 10.1. The highest BCUT2D eigenvalue weighted by Gasteiger charge is 2.40. The first kappa shape index (κ1) is 16.0. The van der Waals surface area contributed by atoms with Crippen molar-refractivity contribution in [2.45, 2.75) is 19.9 Å². The normalized spacial score (nSPS) is 14.6. The van der Waals surface area contributed by atoms with Crippen LogP contribution in [-0.4, -0.2) is 38.0 Å². The van der Waals surface area contributed by atoms with Gasteiger partial charge in [0, 0.05) is 18.1 Å². The van der Waals surface area contributed by atoms with Gasteiger partial charge in [0.15, 0.2) is 0 Å². The molecule has 1 aliphatic rings. The molecule has 0 saturated heterocycles. The number of pyridine rings is 1. The number of nitrogens with zero attached hydrogens (tertiary/aromatic N) is 3. The Bertz CT molecular complexity index is 1030. The topological polar surface area (TPSA) is 83.8 Å². The van der Waals surface area contributed by atoms with Gasteiger partial charge >= 0.3 is 0 Å². The Morgan fingerprint density at radius 1 is 1.08 bits per heavy atom. The Balaban J connectivity index is 1.59. The summed E-state index contributed by atoms with van der Waals surface area (Å²) in [6.45, 7) is 3.40. The van der Waals surface area contributed by atoms with Crippen molar-refractivity contribution in [3.63, 3.8) is 0 Å². The van der Waals surface area contributed by atoms with E-state index < -0.39 is 23.8 Å². The molecular formula is C19H16N4O3. The lowest BCUT2D eigenvalue weighted by molar-refractivity contribution is -0.119. The molecule has 0 aliphatic carbocycles. The van der Waals surface area contributed by atoms with Crippen LogP contribution in [0.2, 0.25) is 0 Å². The maximum atomic E-state index is 12.7. The molecule has 3 heterocycles. The van der Waals surface area contributed by atoms with Crippen LogP contribution in [0.3, 0.4) is 0 Å². The fourth-order valence-corrected chi connectivity index (χ4v) is 3.18. The zero-order chi connectivity index (χ0) is 18.4. The predicted molar refractivity (Wildman–Crippen MR) is 95.0 cm³/mol. The predicted octanol–water partition coefficient (Wildman–Crippen LogP) is 2.27. The van der Waals surface area contributed by atoms with Gasteiger partial charge in [-0.25, -0.2) is 4.98 Å². The molecule has 1 aliphatic heterocycles. The van der Waals surface area contributed by atoms with E-state index in [4.69, 9.17) is 0 Å². The Labute approximate surface area is 149 Å². The highest BCUT2D eigenvalue weighted by molar-refractivity contribution is 6.23. The molecule has 0 radical (unpaired) electrons. The van der Waals surface area contributed by atoms with Crippen molar-refractivity contribution in [3.05, 3.63) is 65.6 Å². The molecule has 1 unspecified atom stereocenters. The van der Waals surface area contributed by atoms with E-state index >= 15 is 0 Å². The summed E-state index contributed by atoms with van der Waals surface area (Å²) < 4.78 is 1.85. The van der Waals surface area contributed by atoms with E-state index in [0.29, 0.717) is 16.8 Å². The molecule has 1 N–H and O–H groups in total. The van der Waals surface area contributed by atoms with Crippen LogP contribution < -0.4 is 5.32 Å². The van der Waals surface area contributed by atoms with Crippen molar-refractivity contribution >= 4 is 29.1 Å². The third-order valence-electron chi connectivity index (χ3n) is 4.67. The smallest absolute Gasteiger partial charge is 0.262 e. The Morgan fingerprint density at radius 3 is 2.38 bits per heavy atom. The number of fused-ring (bicyclic) bond motifs is 2. The molecule has 0 bridgehead atoms. The number of carbonyl (C=O) groups is 3. The van der Waals surface area contributed by atoms with Crippen LogP contribution in [0, 0.1) is 6.92 Å². The van der Waals surface area contributed by atoms with Gasteiger partial charge in [-0.15, -0.1) is 0 Å². The summed E-state index contributed by atoms with van der Waals surface area (Å²) in [5.41, 5.74) is 2.84. The number of anilines is 1. The van der Waals surface area contributed by atoms with E-state index in [-0.39, 0.29) is 0 Å². The molecule has 1 atom stereocenters. The van der Waals surface area contributed by atoms with E-state index in [2.05, 4.69) is 10.3 Å². The average molecular weight is 348 g/mol. The van der Waals surface area contributed by atoms with Crippen LogP contribution >= 0.6 is 0 Å². The number of aromatic nitrogens is 2. The number of benzene rings is 1. The van der Waals surface area contributed by atoms with Crippen molar-refractivity contribution in [2.75, 3.05) is 5.32 Å². The average Bonchev–Trinajstić information content (AvgIpc) is 3.21. The van der Waals surface area contributed by atoms with E-state index in [1.807, 2.05) is 11.3 Å². The first-order valence-corrected chi connectivity index (χ1v) is 8.19. The second kappa shape index (κ2) is 5.80. The van der Waals surface area contributed by atoms with Crippen molar-refractivity contribution in [1.82, 2.24) is 14.3 Å². The Kier molecular flexibility index (Phi) is 3.57. The molecule has 0 fully saturated rings. The van der Waals surface area contributed by atoms with E-state index in [0.717, 1.165) is 16.2 Å². The van der Waals surface area contributed by atoms with Crippen LogP contribution in [0.25, 0.3) is 5.65 Å². The molecule has 1 aromatic carbocycles. The monoisotopic (exact) mass is 348 g/mol. The summed E-state index contributed by atoms with van der Waals surface area (Å²) >= 11 is 0. The van der Waals surface area contributed by atoms with Gasteiger partial charge in [-0.2, -0.15) is 0 Å². The van der Waals surface area contributed by atoms with Crippen LogP contribution in [0.5, 0.6) is 0 Å². The summed E-state index contributed by atoms with van der Waals surface area (Å²) in [6, 6.07) is 9.19. The minimum atomic E-state index is -0.930. The zero-order valence-corrected chi connectivity index (χ0v) is 14.3. The van der Waals surface area contributed by atoms with Gasteiger partial charge in [0.1, 0.15) is 11.7 Å². The highest BCUT2D eigenvalue weighted by Crippen LogP contribution is 2.25. The molecule has 0 spiro atoms. The number of imidazole rings is 1. The minimum Gasteiger partial charge on any atom is -0.323 e. The van der Waals surface area contributed by atoms with Crippen molar-refractivity contribution in [2.24, 2.45) is 0 Å². The summed E-state index contributed by atoms with van der Waals surface area (Å²) in [5.74, 6) is -1.33. The lowest BCUT2D eigenvalue weighted by Crippen LogP contribution is -2.45. The van der Waals surface area contributed by atoms with Crippen LogP contribution in [0.1, 0.15) is 33.3 Å². The standard InChI is InChI=1S/C19H16N4O3/c1-11-15(7-8-16-20-9-10-22(11)16)21-17(24)12(2)23-18(25)13-5-3-4-6-14(13)19(23)26/h3-10,12H,1-2H3,(H,21,24). The largest absolute Gasteiger partial charge is 0.323 e. The SMILES string of the molecule is Cc1c(NC(=O)C(C)N2C(=O)c3ccccc3C2=O)ccc2nccn12. The van der Waals surface area contributed by atoms with Crippen molar-refractivity contribution in [1.29, 1.82) is 0 Å². The molecule has 0 saturated carbocycles. The van der Waals surface area contributed by atoms with E-state index in [9.17, 15) is 14.4 Å². The van der Waals surface area contributed by atoms with Gasteiger partial charge in [0.2, 0.25) is 5.91 Å². The van der Waals surface area contributed by atoms with Crippen molar-refractivity contribution in [3.8, 4) is 0 Å². The van der Waals surface area contributed by atoms with Gasteiger partial charge in [0.25, 0.3) is 11.8 Å². The summed E-state index contributed by atoms with van der Waals surface area (Å²) in [4.78, 5) is 42.9. The summed E-state index contributed by atoms with van der Waals surface area (Å²) in [7, 11) is 0. The third-order valence-corrected chi connectivity index (χ3v) is 4.67. The number of nitrogens with one attached hydrogen (secondary N) is 1. The van der Waals surface area contributed by atoms with Crippen molar-refractivity contribution < 1.29 is 14.4 Å². The van der Waals surface area contributed by atoms with Gasteiger partial charge < -0.3 is 9.72 Å². The maximum absolute atomic E-state index is 12.7. The minimum absolute atomic E-state index is 0.327. The maximum Gasteiger partial charge on any atom is 0.262 e. The molecule has 26 heavy (non-hydrogen) atoms. The molecule has 2 aromatic heterocycles. The molecule has 4 rings (SSSR count). The van der Waals surface area contributed by atoms with Gasteiger partial charge in [-0.3, -0.25) is 19.3 Å². The first-order chi connectivity index (χ1) is 12.5. The molecular weight excluding hydrogens is 332 g/mol. The number of imide groups is 1. The molecule has 130 valence electrons. The number of hydrogen-bond donors (Lipinski definition) is 1. The third kappa shape index (κ3) is 2.28. The second-order valence-electron chi connectivity index (χ2n) is 6.18. The molecule has 7 heteroatoms.